The van der Waals surface area contributed by atoms with Crippen LogP contribution in [-0.2, 0) is 0 Å². The molecule has 1 amide bonds. The van der Waals surface area contributed by atoms with Crippen LogP contribution in [0.2, 0.25) is 0 Å². The zero-order valence-electron chi connectivity index (χ0n) is 8.44. The number of carbonyl (C=O) groups is 1. The van der Waals surface area contributed by atoms with E-state index in [0.717, 1.165) is 19.3 Å². The summed E-state index contributed by atoms with van der Waals surface area (Å²) in [5.74, 6) is -0.226. The van der Waals surface area contributed by atoms with Gasteiger partial charge in [-0.05, 0) is 31.4 Å². The first-order chi connectivity index (χ1) is 7.20. The zero-order valence-corrected chi connectivity index (χ0v) is 8.44. The maximum Gasteiger partial charge on any atom is 0.269 e. The SMILES string of the molecule is O=C(NCC1(O)CCC1)c1ccccn1. The van der Waals surface area contributed by atoms with E-state index in [0.29, 0.717) is 12.2 Å². The van der Waals surface area contributed by atoms with Crippen molar-refractivity contribution >= 4 is 5.91 Å². The lowest BCUT2D eigenvalue weighted by Gasteiger charge is -2.36. The maximum absolute atomic E-state index is 11.5. The van der Waals surface area contributed by atoms with E-state index in [1.807, 2.05) is 0 Å². The molecule has 80 valence electrons. The molecule has 1 heterocycles. The first-order valence-corrected chi connectivity index (χ1v) is 5.11. The summed E-state index contributed by atoms with van der Waals surface area (Å²) < 4.78 is 0. The minimum atomic E-state index is -0.676. The summed E-state index contributed by atoms with van der Waals surface area (Å²) in [6, 6.07) is 5.18. The molecule has 0 unspecified atom stereocenters. The van der Waals surface area contributed by atoms with Crippen LogP contribution in [0.25, 0.3) is 0 Å². The summed E-state index contributed by atoms with van der Waals surface area (Å²) in [5, 5.41) is 12.5. The largest absolute Gasteiger partial charge is 0.388 e. The van der Waals surface area contributed by atoms with Crippen molar-refractivity contribution in [2.45, 2.75) is 24.9 Å². The third-order valence-corrected chi connectivity index (χ3v) is 2.76. The van der Waals surface area contributed by atoms with Gasteiger partial charge in [0.25, 0.3) is 5.91 Å². The van der Waals surface area contributed by atoms with Gasteiger partial charge < -0.3 is 10.4 Å². The van der Waals surface area contributed by atoms with Gasteiger partial charge in [-0.15, -0.1) is 0 Å². The van der Waals surface area contributed by atoms with Crippen LogP contribution in [0.1, 0.15) is 29.8 Å². The second-order valence-electron chi connectivity index (χ2n) is 3.98. The van der Waals surface area contributed by atoms with Crippen molar-refractivity contribution in [3.05, 3.63) is 30.1 Å². The molecule has 1 fully saturated rings. The van der Waals surface area contributed by atoms with Crippen LogP contribution in [0.15, 0.2) is 24.4 Å². The molecule has 0 aromatic carbocycles. The van der Waals surface area contributed by atoms with Crippen LogP contribution in [-0.4, -0.2) is 28.1 Å². The van der Waals surface area contributed by atoms with Crippen molar-refractivity contribution in [1.29, 1.82) is 0 Å². The molecule has 4 nitrogen and oxygen atoms in total. The Bertz CT molecular complexity index is 347. The minimum Gasteiger partial charge on any atom is -0.388 e. The summed E-state index contributed by atoms with van der Waals surface area (Å²) in [6.45, 7) is 0.322. The minimum absolute atomic E-state index is 0.226. The lowest BCUT2D eigenvalue weighted by molar-refractivity contribution is -0.0300. The van der Waals surface area contributed by atoms with E-state index in [1.165, 1.54) is 0 Å². The third kappa shape index (κ3) is 2.33. The Morgan fingerprint density at radius 2 is 2.33 bits per heavy atom. The lowest BCUT2D eigenvalue weighted by Crippen LogP contribution is -2.47. The molecule has 1 aliphatic rings. The number of rotatable bonds is 3. The molecule has 0 saturated heterocycles. The number of carbonyl (C=O) groups excluding carboxylic acids is 1. The molecule has 0 atom stereocenters. The van der Waals surface area contributed by atoms with Gasteiger partial charge in [-0.1, -0.05) is 6.07 Å². The maximum atomic E-state index is 11.5. The number of amides is 1. The number of nitrogens with zero attached hydrogens (tertiary/aromatic N) is 1. The number of aliphatic hydroxyl groups is 1. The average Bonchev–Trinajstić information content (AvgIpc) is 2.24. The number of aromatic nitrogens is 1. The van der Waals surface area contributed by atoms with Crippen molar-refractivity contribution in [2.24, 2.45) is 0 Å². The fourth-order valence-corrected chi connectivity index (χ4v) is 1.59. The van der Waals surface area contributed by atoms with Crippen LogP contribution in [0.4, 0.5) is 0 Å². The summed E-state index contributed by atoms with van der Waals surface area (Å²) in [5.41, 5.74) is -0.287. The smallest absolute Gasteiger partial charge is 0.269 e. The van der Waals surface area contributed by atoms with Gasteiger partial charge in [0.2, 0.25) is 0 Å². The molecule has 2 N–H and O–H groups in total. The Hall–Kier alpha value is -1.42. The highest BCUT2D eigenvalue weighted by Crippen LogP contribution is 2.30. The van der Waals surface area contributed by atoms with E-state index < -0.39 is 5.60 Å². The number of nitrogens with one attached hydrogen (secondary N) is 1. The Kier molecular flexibility index (Phi) is 2.68. The van der Waals surface area contributed by atoms with Crippen LogP contribution in [0, 0.1) is 0 Å². The second-order valence-corrected chi connectivity index (χ2v) is 3.98. The van der Waals surface area contributed by atoms with Gasteiger partial charge >= 0.3 is 0 Å². The van der Waals surface area contributed by atoms with Gasteiger partial charge in [-0.2, -0.15) is 0 Å². The Labute approximate surface area is 88.3 Å². The molecule has 0 aliphatic heterocycles. The van der Waals surface area contributed by atoms with Gasteiger partial charge in [-0.25, -0.2) is 0 Å². The predicted octanol–water partition coefficient (Wildman–Crippen LogP) is 0.726. The molecule has 15 heavy (non-hydrogen) atoms. The number of hydrogen-bond donors (Lipinski definition) is 2. The molecule has 0 bridgehead atoms. The highest BCUT2D eigenvalue weighted by Gasteiger charge is 2.34. The molecular weight excluding hydrogens is 192 g/mol. The van der Waals surface area contributed by atoms with Crippen LogP contribution in [0.5, 0.6) is 0 Å². The predicted molar refractivity (Wildman–Crippen MR) is 55.4 cm³/mol. The Morgan fingerprint density at radius 1 is 1.53 bits per heavy atom. The van der Waals surface area contributed by atoms with Crippen molar-refractivity contribution in [2.75, 3.05) is 6.54 Å². The normalized spacial score (nSPS) is 17.9. The second kappa shape index (κ2) is 3.98. The van der Waals surface area contributed by atoms with Crippen molar-refractivity contribution in [1.82, 2.24) is 10.3 Å². The number of pyridine rings is 1. The molecule has 2 rings (SSSR count). The van der Waals surface area contributed by atoms with E-state index in [9.17, 15) is 9.90 Å². The van der Waals surface area contributed by atoms with Gasteiger partial charge in [0, 0.05) is 12.7 Å². The van der Waals surface area contributed by atoms with E-state index >= 15 is 0 Å². The van der Waals surface area contributed by atoms with Gasteiger partial charge in [0.1, 0.15) is 5.69 Å². The van der Waals surface area contributed by atoms with Crippen molar-refractivity contribution < 1.29 is 9.90 Å². The monoisotopic (exact) mass is 206 g/mol. The standard InChI is InChI=1S/C11H14N2O2/c14-10(9-4-1-2-7-12-9)13-8-11(15)5-3-6-11/h1-2,4,7,15H,3,5-6,8H2,(H,13,14). The van der Waals surface area contributed by atoms with E-state index in [2.05, 4.69) is 10.3 Å². The Balaban J connectivity index is 1.88. The highest BCUT2D eigenvalue weighted by molar-refractivity contribution is 5.92. The molecule has 4 heteroatoms. The van der Waals surface area contributed by atoms with Gasteiger partial charge in [-0.3, -0.25) is 9.78 Å². The molecule has 1 aromatic rings. The molecule has 0 radical (unpaired) electrons. The highest BCUT2D eigenvalue weighted by atomic mass is 16.3. The fraction of sp³-hybridized carbons (Fsp3) is 0.455. The van der Waals surface area contributed by atoms with E-state index in [4.69, 9.17) is 0 Å². The Morgan fingerprint density at radius 3 is 2.87 bits per heavy atom. The van der Waals surface area contributed by atoms with Crippen LogP contribution in [0.3, 0.4) is 0 Å². The van der Waals surface area contributed by atoms with Crippen molar-refractivity contribution in [3.8, 4) is 0 Å². The third-order valence-electron chi connectivity index (χ3n) is 2.76. The molecule has 1 saturated carbocycles. The number of hydrogen-bond acceptors (Lipinski definition) is 3. The topological polar surface area (TPSA) is 62.2 Å². The van der Waals surface area contributed by atoms with Crippen LogP contribution < -0.4 is 5.32 Å². The summed E-state index contributed by atoms with van der Waals surface area (Å²) in [7, 11) is 0. The van der Waals surface area contributed by atoms with Gasteiger partial charge in [0.05, 0.1) is 5.60 Å². The van der Waals surface area contributed by atoms with Crippen molar-refractivity contribution in [3.63, 3.8) is 0 Å². The first-order valence-electron chi connectivity index (χ1n) is 5.11. The van der Waals surface area contributed by atoms with Crippen LogP contribution >= 0.6 is 0 Å². The van der Waals surface area contributed by atoms with E-state index in [-0.39, 0.29) is 5.91 Å². The molecule has 0 spiro atoms. The quantitative estimate of drug-likeness (QED) is 0.766. The summed E-state index contributed by atoms with van der Waals surface area (Å²) in [6.07, 6.45) is 4.16. The van der Waals surface area contributed by atoms with E-state index in [1.54, 1.807) is 24.4 Å². The molecule has 1 aromatic heterocycles. The summed E-state index contributed by atoms with van der Waals surface area (Å²) in [4.78, 5) is 15.5. The molecule has 1 aliphatic carbocycles. The zero-order chi connectivity index (χ0) is 10.7. The fourth-order valence-electron chi connectivity index (χ4n) is 1.59. The molecular formula is C11H14N2O2. The van der Waals surface area contributed by atoms with Gasteiger partial charge in [0.15, 0.2) is 0 Å². The summed E-state index contributed by atoms with van der Waals surface area (Å²) >= 11 is 0. The lowest BCUT2D eigenvalue weighted by atomic mass is 9.80. The first kappa shape index (κ1) is 10.1. The average molecular weight is 206 g/mol.